The van der Waals surface area contributed by atoms with Crippen LogP contribution in [0.2, 0.25) is 0 Å². The van der Waals surface area contributed by atoms with Gasteiger partial charge in [-0.25, -0.2) is 9.69 Å². The largest absolute Gasteiger partial charge is 0.491 e. The summed E-state index contributed by atoms with van der Waals surface area (Å²) >= 11 is 0. The topological polar surface area (TPSA) is 87.0 Å². The van der Waals surface area contributed by atoms with E-state index in [1.54, 1.807) is 18.2 Å². The molecular formula is C32H31F3N4O4. The summed E-state index contributed by atoms with van der Waals surface area (Å²) in [5.41, 5.74) is 2.78. The second kappa shape index (κ2) is 12.1. The molecule has 6 rings (SSSR count). The molecule has 1 saturated heterocycles. The van der Waals surface area contributed by atoms with Crippen molar-refractivity contribution in [3.8, 4) is 16.9 Å². The van der Waals surface area contributed by atoms with Gasteiger partial charge in [0.15, 0.2) is 5.71 Å². The Hall–Kier alpha value is -4.38. The van der Waals surface area contributed by atoms with E-state index in [1.165, 1.54) is 17.0 Å². The number of fused-ring (bicyclic) bond motifs is 4. The van der Waals surface area contributed by atoms with Crippen LogP contribution in [0.4, 0.5) is 18.0 Å². The van der Waals surface area contributed by atoms with Crippen LogP contribution in [0.1, 0.15) is 41.0 Å². The molecule has 1 atom stereocenters. The molecule has 11 heteroatoms. The molecule has 0 saturated carbocycles. The minimum absolute atomic E-state index is 0.0873. The molecule has 43 heavy (non-hydrogen) atoms. The summed E-state index contributed by atoms with van der Waals surface area (Å²) in [6.45, 7) is 2.23. The van der Waals surface area contributed by atoms with Crippen molar-refractivity contribution in [3.63, 3.8) is 0 Å². The van der Waals surface area contributed by atoms with Crippen molar-refractivity contribution in [3.05, 3.63) is 89.0 Å². The fourth-order valence-electron chi connectivity index (χ4n) is 6.01. The van der Waals surface area contributed by atoms with Gasteiger partial charge in [-0.05, 0) is 65.3 Å². The number of amides is 1. The summed E-state index contributed by atoms with van der Waals surface area (Å²) in [6, 6.07) is 19.9. The van der Waals surface area contributed by atoms with Gasteiger partial charge >= 0.3 is 12.3 Å². The van der Waals surface area contributed by atoms with Gasteiger partial charge in [-0.2, -0.15) is 13.2 Å². The highest BCUT2D eigenvalue weighted by Crippen LogP contribution is 2.48. The molecule has 2 aliphatic heterocycles. The lowest BCUT2D eigenvalue weighted by atomic mass is 9.89. The van der Waals surface area contributed by atoms with E-state index in [9.17, 15) is 23.1 Å². The maximum atomic E-state index is 14.4. The molecule has 1 N–H and O–H groups in total. The second-order valence-electron chi connectivity index (χ2n) is 10.7. The number of guanidine groups is 1. The Bertz CT molecular complexity index is 1560. The van der Waals surface area contributed by atoms with E-state index < -0.39 is 18.0 Å². The quantitative estimate of drug-likeness (QED) is 0.220. The van der Waals surface area contributed by atoms with Gasteiger partial charge in [0, 0.05) is 37.7 Å². The van der Waals surface area contributed by atoms with E-state index in [-0.39, 0.29) is 24.7 Å². The summed E-state index contributed by atoms with van der Waals surface area (Å²) in [5.74, 6) is 0.837. The van der Waals surface area contributed by atoms with E-state index in [4.69, 9.17) is 9.57 Å². The SMILES string of the molecule is O=C(O/N=C(/c1ccc2c(c1)-c1cc(OCCO)ccc1C2Cc1ccccc1)C(F)(F)F)N1CCCN2CCCN=C21. The number of aliphatic imine (C=N–C) groups is 1. The van der Waals surface area contributed by atoms with Gasteiger partial charge in [0.25, 0.3) is 0 Å². The third kappa shape index (κ3) is 5.94. The Kier molecular flexibility index (Phi) is 8.07. The van der Waals surface area contributed by atoms with Crippen LogP contribution in [0.25, 0.3) is 11.1 Å². The summed E-state index contributed by atoms with van der Waals surface area (Å²) in [6.07, 6.45) is -3.71. The number of ether oxygens (including phenoxy) is 1. The number of nitrogens with zero attached hydrogens (tertiary/aromatic N) is 4. The molecule has 0 radical (unpaired) electrons. The Morgan fingerprint density at radius 3 is 2.49 bits per heavy atom. The summed E-state index contributed by atoms with van der Waals surface area (Å²) in [7, 11) is 0. The van der Waals surface area contributed by atoms with Gasteiger partial charge < -0.3 is 14.7 Å². The van der Waals surface area contributed by atoms with Crippen LogP contribution in [0.15, 0.2) is 76.9 Å². The molecule has 3 aromatic carbocycles. The number of halogens is 3. The lowest BCUT2D eigenvalue weighted by Gasteiger charge is -2.38. The maximum absolute atomic E-state index is 14.4. The molecule has 1 aliphatic carbocycles. The minimum atomic E-state index is -4.89. The molecule has 0 aromatic heterocycles. The standard InChI is InChI=1S/C32H31F3N4O4/c33-32(34,35)29(37-43-31(41)39-15-5-14-38-13-4-12-36-30(38)39)22-8-10-24-26(18-21-6-2-1-3-7-21)25-11-9-23(42-17-16-40)20-28(25)27(24)19-22/h1-3,6-11,19-20,26,40H,4-5,12-18H2/b37-29-. The first-order valence-corrected chi connectivity index (χ1v) is 14.3. The van der Waals surface area contributed by atoms with Crippen LogP contribution in [0.5, 0.6) is 5.75 Å². The van der Waals surface area contributed by atoms with Gasteiger partial charge in [-0.3, -0.25) is 9.83 Å². The van der Waals surface area contributed by atoms with Crippen LogP contribution in [-0.4, -0.2) is 78.2 Å². The van der Waals surface area contributed by atoms with E-state index in [2.05, 4.69) is 10.1 Å². The van der Waals surface area contributed by atoms with Crippen molar-refractivity contribution < 1.29 is 32.6 Å². The van der Waals surface area contributed by atoms with Gasteiger partial charge in [0.1, 0.15) is 12.4 Å². The number of oxime groups is 1. The second-order valence-corrected chi connectivity index (χ2v) is 10.7. The average molecular weight is 593 g/mol. The van der Waals surface area contributed by atoms with Crippen LogP contribution in [0.3, 0.4) is 0 Å². The predicted molar refractivity (Wildman–Crippen MR) is 155 cm³/mol. The Morgan fingerprint density at radius 1 is 0.977 bits per heavy atom. The Balaban J connectivity index is 1.34. The fraction of sp³-hybridized carbons (Fsp3) is 0.344. The summed E-state index contributed by atoms with van der Waals surface area (Å²) in [5, 5.41) is 12.6. The number of rotatable bonds is 7. The summed E-state index contributed by atoms with van der Waals surface area (Å²) in [4.78, 5) is 25.4. The third-order valence-electron chi connectivity index (χ3n) is 7.91. The number of carbonyl (C=O) groups excluding carboxylic acids is 1. The van der Waals surface area contributed by atoms with Crippen molar-refractivity contribution in [2.75, 3.05) is 39.4 Å². The highest BCUT2D eigenvalue weighted by Gasteiger charge is 2.40. The molecular weight excluding hydrogens is 561 g/mol. The minimum Gasteiger partial charge on any atom is -0.491 e. The lowest BCUT2D eigenvalue weighted by Crippen LogP contribution is -2.54. The molecule has 0 bridgehead atoms. The number of hydrogen-bond acceptors (Lipinski definition) is 7. The zero-order valence-electron chi connectivity index (χ0n) is 23.4. The molecule has 2 heterocycles. The van der Waals surface area contributed by atoms with Crippen molar-refractivity contribution >= 4 is 17.8 Å². The van der Waals surface area contributed by atoms with E-state index in [0.717, 1.165) is 41.8 Å². The van der Waals surface area contributed by atoms with E-state index >= 15 is 0 Å². The molecule has 8 nitrogen and oxygen atoms in total. The zero-order valence-corrected chi connectivity index (χ0v) is 23.4. The Morgan fingerprint density at radius 2 is 1.72 bits per heavy atom. The van der Waals surface area contributed by atoms with Crippen molar-refractivity contribution in [1.82, 2.24) is 9.80 Å². The van der Waals surface area contributed by atoms with Crippen LogP contribution in [-0.2, 0) is 11.3 Å². The lowest BCUT2D eigenvalue weighted by molar-refractivity contribution is -0.0604. The predicted octanol–water partition coefficient (Wildman–Crippen LogP) is 5.58. The van der Waals surface area contributed by atoms with Crippen LogP contribution >= 0.6 is 0 Å². The summed E-state index contributed by atoms with van der Waals surface area (Å²) < 4.78 is 48.7. The average Bonchev–Trinajstić information content (AvgIpc) is 3.31. The van der Waals surface area contributed by atoms with Crippen molar-refractivity contribution in [1.29, 1.82) is 0 Å². The molecule has 224 valence electrons. The number of alkyl halides is 3. The van der Waals surface area contributed by atoms with Crippen LogP contribution < -0.4 is 4.74 Å². The number of carbonyl (C=O) groups is 1. The van der Waals surface area contributed by atoms with Gasteiger partial charge in [-0.15, -0.1) is 0 Å². The Labute approximate surface area is 247 Å². The maximum Gasteiger partial charge on any atom is 0.442 e. The molecule has 1 fully saturated rings. The molecule has 3 aromatic rings. The number of hydrogen-bond donors (Lipinski definition) is 1. The number of benzene rings is 3. The first kappa shape index (κ1) is 28.7. The zero-order chi connectivity index (χ0) is 30.0. The molecule has 1 amide bonds. The highest BCUT2D eigenvalue weighted by molar-refractivity contribution is 6.06. The van der Waals surface area contributed by atoms with E-state index in [1.807, 2.05) is 41.3 Å². The molecule has 1 unspecified atom stereocenters. The van der Waals surface area contributed by atoms with Gasteiger partial charge in [0.05, 0.1) is 6.61 Å². The number of aliphatic hydroxyl groups excluding tert-OH is 1. The third-order valence-corrected chi connectivity index (χ3v) is 7.91. The van der Waals surface area contributed by atoms with E-state index in [0.29, 0.717) is 43.2 Å². The molecule has 3 aliphatic rings. The van der Waals surface area contributed by atoms with Gasteiger partial charge in [-0.1, -0.05) is 53.7 Å². The van der Waals surface area contributed by atoms with Gasteiger partial charge in [0.2, 0.25) is 5.96 Å². The van der Waals surface area contributed by atoms with Crippen molar-refractivity contribution in [2.24, 2.45) is 10.1 Å². The normalized spacial score (nSPS) is 18.0. The monoisotopic (exact) mass is 592 g/mol. The molecule has 0 spiro atoms. The van der Waals surface area contributed by atoms with Crippen LogP contribution in [0, 0.1) is 0 Å². The first-order valence-electron chi connectivity index (χ1n) is 14.3. The van der Waals surface area contributed by atoms with Crippen molar-refractivity contribution in [2.45, 2.75) is 31.4 Å². The highest BCUT2D eigenvalue weighted by atomic mass is 19.4. The number of aliphatic hydroxyl groups is 1. The smallest absolute Gasteiger partial charge is 0.442 e. The first-order chi connectivity index (χ1) is 20.8. The fourth-order valence-corrected chi connectivity index (χ4v) is 6.01.